The number of aryl methyl sites for hydroxylation is 2. The van der Waals surface area contributed by atoms with Gasteiger partial charge in [0.25, 0.3) is 0 Å². The summed E-state index contributed by atoms with van der Waals surface area (Å²) in [4.78, 5) is 4.84. The van der Waals surface area contributed by atoms with Gasteiger partial charge in [-0.25, -0.2) is 0 Å². The summed E-state index contributed by atoms with van der Waals surface area (Å²) in [5, 5.41) is 1.16. The minimum atomic E-state index is 1.01. The molecule has 3 N–H and O–H groups in total. The third-order valence-electron chi connectivity index (χ3n) is 3.65. The van der Waals surface area contributed by atoms with Crippen LogP contribution in [0.15, 0.2) is 18.2 Å². The van der Waals surface area contributed by atoms with Crippen LogP contribution >= 0.6 is 0 Å². The van der Waals surface area contributed by atoms with E-state index in [9.17, 15) is 0 Å². The van der Waals surface area contributed by atoms with Gasteiger partial charge in [-0.15, -0.1) is 0 Å². The van der Waals surface area contributed by atoms with Crippen molar-refractivity contribution >= 4 is 16.6 Å². The maximum absolute atomic E-state index is 5.70. The summed E-state index contributed by atoms with van der Waals surface area (Å²) in [6, 6.07) is 6.34. The quantitative estimate of drug-likeness (QED) is 0.612. The minimum absolute atomic E-state index is 1.01. The van der Waals surface area contributed by atoms with Gasteiger partial charge in [0, 0.05) is 11.1 Å². The number of hydrazine groups is 1. The predicted molar refractivity (Wildman–Crippen MR) is 71.0 cm³/mol. The summed E-state index contributed by atoms with van der Waals surface area (Å²) >= 11 is 0. The van der Waals surface area contributed by atoms with Crippen molar-refractivity contribution < 1.29 is 0 Å². The van der Waals surface area contributed by atoms with Gasteiger partial charge in [-0.3, -0.25) is 10.8 Å². The van der Waals surface area contributed by atoms with Crippen molar-refractivity contribution in [1.29, 1.82) is 0 Å². The van der Waals surface area contributed by atoms with Crippen LogP contribution in [0.1, 0.15) is 30.2 Å². The summed E-state index contributed by atoms with van der Waals surface area (Å²) < 4.78 is 0. The highest BCUT2D eigenvalue weighted by molar-refractivity contribution is 5.95. The van der Waals surface area contributed by atoms with Crippen LogP contribution in [0.3, 0.4) is 0 Å². The first-order chi connectivity index (χ1) is 8.35. The molecule has 0 unspecified atom stereocenters. The first-order valence-electron chi connectivity index (χ1n) is 6.25. The number of fused-ring (bicyclic) bond motifs is 2. The summed E-state index contributed by atoms with van der Waals surface area (Å²) in [5.74, 6) is 5.70. The summed E-state index contributed by atoms with van der Waals surface area (Å²) in [5.41, 5.74) is 8.92. The van der Waals surface area contributed by atoms with E-state index in [1.807, 2.05) is 0 Å². The number of hydrogen-bond acceptors (Lipinski definition) is 3. The highest BCUT2D eigenvalue weighted by Crippen LogP contribution is 2.34. The van der Waals surface area contributed by atoms with Crippen LogP contribution < -0.4 is 11.3 Å². The average Bonchev–Trinajstić information content (AvgIpc) is 2.82. The summed E-state index contributed by atoms with van der Waals surface area (Å²) in [6.45, 7) is 2.17. The lowest BCUT2D eigenvalue weighted by atomic mass is 10.0. The van der Waals surface area contributed by atoms with Gasteiger partial charge in [0.1, 0.15) is 0 Å². The number of aromatic nitrogens is 1. The fraction of sp³-hybridized carbons (Fsp3) is 0.357. The first-order valence-corrected chi connectivity index (χ1v) is 6.25. The van der Waals surface area contributed by atoms with Crippen molar-refractivity contribution in [3.63, 3.8) is 0 Å². The molecule has 0 fully saturated rings. The lowest BCUT2D eigenvalue weighted by Gasteiger charge is -2.13. The second kappa shape index (κ2) is 4.00. The number of rotatable bonds is 2. The number of nitrogens with one attached hydrogen (secondary N) is 1. The van der Waals surface area contributed by atoms with E-state index in [-0.39, 0.29) is 0 Å². The molecule has 0 atom stereocenters. The minimum Gasteiger partial charge on any atom is -0.323 e. The van der Waals surface area contributed by atoms with Crippen molar-refractivity contribution in [2.45, 2.75) is 32.6 Å². The SMILES string of the molecule is CCc1cccc2c(NN)c3c(nc12)CCC3. The predicted octanol–water partition coefficient (Wildman–Crippen LogP) is 2.57. The van der Waals surface area contributed by atoms with E-state index in [0.717, 1.165) is 35.9 Å². The number of benzene rings is 1. The Morgan fingerprint density at radius 1 is 1.35 bits per heavy atom. The highest BCUT2D eigenvalue weighted by atomic mass is 15.2. The van der Waals surface area contributed by atoms with Gasteiger partial charge in [-0.05, 0) is 36.8 Å². The topological polar surface area (TPSA) is 50.9 Å². The Morgan fingerprint density at radius 2 is 2.24 bits per heavy atom. The van der Waals surface area contributed by atoms with Crippen molar-refractivity contribution in [3.05, 3.63) is 35.0 Å². The molecule has 0 saturated carbocycles. The molecule has 1 aromatic carbocycles. The molecule has 1 aliphatic rings. The van der Waals surface area contributed by atoms with Crippen LogP contribution in [-0.4, -0.2) is 4.98 Å². The molecular formula is C14H17N3. The Labute approximate surface area is 101 Å². The average molecular weight is 227 g/mol. The second-order valence-electron chi connectivity index (χ2n) is 4.58. The molecule has 1 aliphatic carbocycles. The van der Waals surface area contributed by atoms with Crippen molar-refractivity contribution in [3.8, 4) is 0 Å². The number of anilines is 1. The van der Waals surface area contributed by atoms with Crippen molar-refractivity contribution in [2.24, 2.45) is 5.84 Å². The van der Waals surface area contributed by atoms with Gasteiger partial charge in [-0.2, -0.15) is 0 Å². The molecule has 3 nitrogen and oxygen atoms in total. The molecule has 0 radical (unpaired) electrons. The maximum atomic E-state index is 5.70. The van der Waals surface area contributed by atoms with Crippen molar-refractivity contribution in [1.82, 2.24) is 4.98 Å². The molecule has 0 spiro atoms. The molecule has 3 heteroatoms. The van der Waals surface area contributed by atoms with Gasteiger partial charge >= 0.3 is 0 Å². The van der Waals surface area contributed by atoms with Gasteiger partial charge in [-0.1, -0.05) is 25.1 Å². The van der Waals surface area contributed by atoms with Crippen LogP contribution in [0.25, 0.3) is 10.9 Å². The van der Waals surface area contributed by atoms with Crippen LogP contribution in [-0.2, 0) is 19.3 Å². The second-order valence-corrected chi connectivity index (χ2v) is 4.58. The largest absolute Gasteiger partial charge is 0.323 e. The number of hydrogen-bond donors (Lipinski definition) is 2. The Kier molecular flexibility index (Phi) is 2.48. The Morgan fingerprint density at radius 3 is 3.00 bits per heavy atom. The normalized spacial score (nSPS) is 14.0. The molecule has 0 bridgehead atoms. The molecule has 0 aliphatic heterocycles. The number of para-hydroxylation sites is 1. The molecule has 88 valence electrons. The van der Waals surface area contributed by atoms with Gasteiger partial charge in [0.2, 0.25) is 0 Å². The van der Waals surface area contributed by atoms with Crippen LogP contribution in [0, 0.1) is 0 Å². The van der Waals surface area contributed by atoms with Crippen LogP contribution in [0.5, 0.6) is 0 Å². The number of nitrogen functional groups attached to an aromatic ring is 1. The highest BCUT2D eigenvalue weighted by Gasteiger charge is 2.19. The zero-order valence-electron chi connectivity index (χ0n) is 10.1. The van der Waals surface area contributed by atoms with E-state index in [1.165, 1.54) is 23.2 Å². The third kappa shape index (κ3) is 1.50. The molecule has 0 amide bonds. The molecule has 1 aromatic heterocycles. The molecule has 2 aromatic rings. The Balaban J connectivity index is 2.40. The fourth-order valence-corrected chi connectivity index (χ4v) is 2.79. The summed E-state index contributed by atoms with van der Waals surface area (Å²) in [7, 11) is 0. The Bertz CT molecular complexity index is 575. The lowest BCUT2D eigenvalue weighted by molar-refractivity contribution is 0.901. The van der Waals surface area contributed by atoms with E-state index in [0.29, 0.717) is 0 Å². The Hall–Kier alpha value is -1.61. The van der Waals surface area contributed by atoms with Gasteiger partial charge < -0.3 is 5.43 Å². The standard InChI is InChI=1S/C14H17N3/c1-2-9-5-3-7-11-13(9)16-12-8-4-6-10(12)14(11)17-15/h3,5,7H,2,4,6,8,15H2,1H3,(H,16,17). The maximum Gasteiger partial charge on any atom is 0.0758 e. The first kappa shape index (κ1) is 10.5. The molecular weight excluding hydrogens is 210 g/mol. The number of pyridine rings is 1. The van der Waals surface area contributed by atoms with E-state index in [2.05, 4.69) is 30.5 Å². The summed E-state index contributed by atoms with van der Waals surface area (Å²) in [6.07, 6.45) is 4.37. The monoisotopic (exact) mass is 227 g/mol. The number of nitrogens with zero attached hydrogens (tertiary/aromatic N) is 1. The van der Waals surface area contributed by atoms with Gasteiger partial charge in [0.05, 0.1) is 11.2 Å². The molecule has 3 rings (SSSR count). The van der Waals surface area contributed by atoms with E-state index in [4.69, 9.17) is 10.8 Å². The lowest BCUT2D eigenvalue weighted by Crippen LogP contribution is -2.11. The smallest absolute Gasteiger partial charge is 0.0758 e. The zero-order valence-corrected chi connectivity index (χ0v) is 10.1. The van der Waals surface area contributed by atoms with E-state index < -0.39 is 0 Å². The zero-order chi connectivity index (χ0) is 11.8. The molecule has 1 heterocycles. The van der Waals surface area contributed by atoms with Crippen LogP contribution in [0.4, 0.5) is 5.69 Å². The van der Waals surface area contributed by atoms with Crippen LogP contribution in [0.2, 0.25) is 0 Å². The number of nitrogens with two attached hydrogens (primary N) is 1. The van der Waals surface area contributed by atoms with E-state index >= 15 is 0 Å². The van der Waals surface area contributed by atoms with E-state index in [1.54, 1.807) is 0 Å². The fourth-order valence-electron chi connectivity index (χ4n) is 2.79. The molecule has 17 heavy (non-hydrogen) atoms. The molecule has 0 saturated heterocycles. The van der Waals surface area contributed by atoms with Gasteiger partial charge in [0.15, 0.2) is 0 Å². The van der Waals surface area contributed by atoms with Crippen molar-refractivity contribution in [2.75, 3.05) is 5.43 Å². The third-order valence-corrected chi connectivity index (χ3v) is 3.65.